The van der Waals surface area contributed by atoms with Crippen molar-refractivity contribution in [3.8, 4) is 0 Å². The first-order chi connectivity index (χ1) is 12.6. The van der Waals surface area contributed by atoms with Crippen LogP contribution in [-0.2, 0) is 23.1 Å². The molecule has 4 nitrogen and oxygen atoms in total. The van der Waals surface area contributed by atoms with Crippen molar-refractivity contribution >= 4 is 52.5 Å². The van der Waals surface area contributed by atoms with Crippen molar-refractivity contribution < 1.29 is 4.21 Å². The molecule has 0 saturated heterocycles. The van der Waals surface area contributed by atoms with Crippen LogP contribution in [0.15, 0.2) is 64.5 Å². The Hall–Kier alpha value is -1.06. The Morgan fingerprint density at radius 2 is 1.78 bits per heavy atom. The van der Waals surface area contributed by atoms with Crippen molar-refractivity contribution in [2.45, 2.75) is 17.2 Å². The van der Waals surface area contributed by atoms with Crippen LogP contribution >= 0.6 is 35.7 Å². The zero-order valence-electron chi connectivity index (χ0n) is 16.1. The van der Waals surface area contributed by atoms with Gasteiger partial charge in [-0.3, -0.25) is 9.20 Å². The molecule has 0 aliphatic heterocycles. The third kappa shape index (κ3) is 8.66. The molecule has 1 unspecified atom stereocenters. The van der Waals surface area contributed by atoms with Crippen molar-refractivity contribution in [1.82, 2.24) is 10.2 Å². The van der Waals surface area contributed by atoms with Gasteiger partial charge in [0.15, 0.2) is 5.96 Å². The molecule has 0 fully saturated rings. The minimum absolute atomic E-state index is 0. The zero-order chi connectivity index (χ0) is 18.8. The molecule has 2 rings (SSSR count). The molecule has 0 aliphatic rings. The van der Waals surface area contributed by atoms with E-state index in [1.807, 2.05) is 37.4 Å². The highest BCUT2D eigenvalue weighted by Gasteiger charge is 2.08. The Morgan fingerprint density at radius 1 is 1.11 bits per heavy atom. The van der Waals surface area contributed by atoms with Gasteiger partial charge in [0.2, 0.25) is 0 Å². The summed E-state index contributed by atoms with van der Waals surface area (Å²) < 4.78 is 12.2. The van der Waals surface area contributed by atoms with Crippen molar-refractivity contribution in [3.63, 3.8) is 0 Å². The number of thioether (sulfide) groups is 1. The van der Waals surface area contributed by atoms with E-state index in [1.165, 1.54) is 10.5 Å². The van der Waals surface area contributed by atoms with Gasteiger partial charge in [-0.2, -0.15) is 0 Å². The molecule has 0 bridgehead atoms. The van der Waals surface area contributed by atoms with E-state index in [1.54, 1.807) is 18.8 Å². The molecule has 0 aliphatic carbocycles. The van der Waals surface area contributed by atoms with E-state index in [2.05, 4.69) is 45.7 Å². The van der Waals surface area contributed by atoms with Gasteiger partial charge in [-0.1, -0.05) is 42.5 Å². The number of hydrogen-bond donors (Lipinski definition) is 1. The summed E-state index contributed by atoms with van der Waals surface area (Å²) in [5, 5.41) is 3.31. The van der Waals surface area contributed by atoms with E-state index in [-0.39, 0.29) is 24.0 Å². The molecule has 2 aromatic carbocycles. The maximum atomic E-state index is 12.2. The standard InChI is InChI=1S/C20H27N3OS2.HI/c1-21-20(23(2)15-17-9-11-19(25-3)12-10-17)22-13-14-26(24)16-18-7-5-4-6-8-18;/h4-12H,13-16H2,1-3H3,(H,21,22);1H. The maximum Gasteiger partial charge on any atom is 0.193 e. The highest BCUT2D eigenvalue weighted by molar-refractivity contribution is 14.0. The van der Waals surface area contributed by atoms with Gasteiger partial charge in [0.1, 0.15) is 0 Å². The summed E-state index contributed by atoms with van der Waals surface area (Å²) in [5.74, 6) is 2.01. The molecule has 1 atom stereocenters. The van der Waals surface area contributed by atoms with Crippen LogP contribution in [0.2, 0.25) is 0 Å². The van der Waals surface area contributed by atoms with Gasteiger partial charge >= 0.3 is 0 Å². The number of hydrogen-bond acceptors (Lipinski definition) is 3. The Labute approximate surface area is 186 Å². The van der Waals surface area contributed by atoms with Crippen LogP contribution in [0, 0.1) is 0 Å². The average Bonchev–Trinajstić information content (AvgIpc) is 2.66. The van der Waals surface area contributed by atoms with Gasteiger partial charge in [0.25, 0.3) is 0 Å². The fourth-order valence-corrected chi connectivity index (χ4v) is 4.02. The number of nitrogens with zero attached hydrogens (tertiary/aromatic N) is 2. The molecular formula is C20H28IN3OS2. The highest BCUT2D eigenvalue weighted by Crippen LogP contribution is 2.15. The monoisotopic (exact) mass is 517 g/mol. The molecule has 0 heterocycles. The van der Waals surface area contributed by atoms with Crippen LogP contribution in [0.25, 0.3) is 0 Å². The van der Waals surface area contributed by atoms with Gasteiger partial charge in [0.05, 0.1) is 0 Å². The minimum Gasteiger partial charge on any atom is -0.355 e. The Balaban J connectivity index is 0.00000364. The number of benzene rings is 2. The fraction of sp³-hybridized carbons (Fsp3) is 0.350. The molecule has 0 radical (unpaired) electrons. The largest absolute Gasteiger partial charge is 0.355 e. The first-order valence-corrected chi connectivity index (χ1v) is 11.3. The SMILES string of the molecule is CN=C(NCCS(=O)Cc1ccccc1)N(C)Cc1ccc(SC)cc1.I. The lowest BCUT2D eigenvalue weighted by molar-refractivity contribution is 0.479. The number of guanidine groups is 1. The smallest absolute Gasteiger partial charge is 0.193 e. The fourth-order valence-electron chi connectivity index (χ4n) is 2.57. The summed E-state index contributed by atoms with van der Waals surface area (Å²) in [6, 6.07) is 18.5. The molecule has 0 saturated carbocycles. The summed E-state index contributed by atoms with van der Waals surface area (Å²) in [4.78, 5) is 7.67. The Bertz CT molecular complexity index is 724. The van der Waals surface area contributed by atoms with Crippen LogP contribution in [0.5, 0.6) is 0 Å². The summed E-state index contributed by atoms with van der Waals surface area (Å²) in [6.45, 7) is 1.42. The molecule has 0 aromatic heterocycles. The molecule has 0 amide bonds. The number of halogens is 1. The predicted octanol–water partition coefficient (Wildman–Crippen LogP) is 3.98. The molecule has 27 heavy (non-hydrogen) atoms. The molecule has 2 aromatic rings. The first-order valence-electron chi connectivity index (χ1n) is 8.56. The van der Waals surface area contributed by atoms with Crippen molar-refractivity contribution in [2.75, 3.05) is 32.6 Å². The van der Waals surface area contributed by atoms with Crippen LogP contribution in [0.3, 0.4) is 0 Å². The lowest BCUT2D eigenvalue weighted by Crippen LogP contribution is -2.40. The zero-order valence-corrected chi connectivity index (χ0v) is 20.0. The predicted molar refractivity (Wildman–Crippen MR) is 130 cm³/mol. The Morgan fingerprint density at radius 3 is 2.37 bits per heavy atom. The first kappa shape index (κ1) is 24.0. The summed E-state index contributed by atoms with van der Waals surface area (Å²) in [6.07, 6.45) is 2.08. The van der Waals surface area contributed by atoms with E-state index >= 15 is 0 Å². The van der Waals surface area contributed by atoms with Crippen LogP contribution in [-0.4, -0.2) is 47.7 Å². The third-order valence-electron chi connectivity index (χ3n) is 3.94. The lowest BCUT2D eigenvalue weighted by Gasteiger charge is -2.22. The summed E-state index contributed by atoms with van der Waals surface area (Å²) in [7, 11) is 2.90. The van der Waals surface area contributed by atoms with Crippen molar-refractivity contribution in [1.29, 1.82) is 0 Å². The van der Waals surface area contributed by atoms with E-state index in [4.69, 9.17) is 0 Å². The molecule has 7 heteroatoms. The molecular weight excluding hydrogens is 489 g/mol. The van der Waals surface area contributed by atoms with Gasteiger partial charge in [-0.15, -0.1) is 35.7 Å². The van der Waals surface area contributed by atoms with Crippen LogP contribution in [0.1, 0.15) is 11.1 Å². The molecule has 148 valence electrons. The van der Waals surface area contributed by atoms with Gasteiger partial charge in [-0.05, 0) is 29.5 Å². The van der Waals surface area contributed by atoms with Crippen molar-refractivity contribution in [2.24, 2.45) is 4.99 Å². The second-order valence-corrected chi connectivity index (χ2v) is 8.41. The van der Waals surface area contributed by atoms with Gasteiger partial charge in [0, 0.05) is 54.4 Å². The van der Waals surface area contributed by atoms with Crippen LogP contribution in [0.4, 0.5) is 0 Å². The third-order valence-corrected chi connectivity index (χ3v) is 5.99. The second kappa shape index (κ2) is 13.2. The normalized spacial score (nSPS) is 12.2. The summed E-state index contributed by atoms with van der Waals surface area (Å²) >= 11 is 1.74. The van der Waals surface area contributed by atoms with E-state index < -0.39 is 10.8 Å². The molecule has 1 N–H and O–H groups in total. The van der Waals surface area contributed by atoms with Gasteiger partial charge < -0.3 is 10.2 Å². The van der Waals surface area contributed by atoms with E-state index in [0.29, 0.717) is 18.1 Å². The second-order valence-electron chi connectivity index (χ2n) is 5.95. The topological polar surface area (TPSA) is 44.7 Å². The van der Waals surface area contributed by atoms with E-state index in [0.717, 1.165) is 18.1 Å². The Kier molecular flexibility index (Phi) is 11.7. The maximum absolute atomic E-state index is 12.2. The average molecular weight is 518 g/mol. The number of nitrogens with one attached hydrogen (secondary N) is 1. The number of rotatable bonds is 8. The van der Waals surface area contributed by atoms with E-state index in [9.17, 15) is 4.21 Å². The minimum atomic E-state index is -0.883. The lowest BCUT2D eigenvalue weighted by atomic mass is 10.2. The summed E-state index contributed by atoms with van der Waals surface area (Å²) in [5.41, 5.74) is 2.35. The molecule has 0 spiro atoms. The number of aliphatic imine (C=N–C) groups is 1. The quantitative estimate of drug-likeness (QED) is 0.249. The highest BCUT2D eigenvalue weighted by atomic mass is 127. The van der Waals surface area contributed by atoms with Crippen LogP contribution < -0.4 is 5.32 Å². The van der Waals surface area contributed by atoms with Crippen molar-refractivity contribution in [3.05, 3.63) is 65.7 Å². The van der Waals surface area contributed by atoms with Gasteiger partial charge in [-0.25, -0.2) is 0 Å².